The minimum Gasteiger partial charge on any atom is -0.310 e. The van der Waals surface area contributed by atoms with E-state index >= 15 is 0 Å². The number of nitrogens with zero attached hydrogens (tertiary/aromatic N) is 6. The maximum Gasteiger partial charge on any atom is 0.238 e. The van der Waals surface area contributed by atoms with Crippen LogP contribution < -0.4 is 9.80 Å². The molecule has 0 N–H and O–H groups in total. The molecule has 0 saturated carbocycles. The zero-order valence-corrected chi connectivity index (χ0v) is 35.6. The van der Waals surface area contributed by atoms with Gasteiger partial charge < -0.3 is 4.90 Å². The molecule has 0 spiro atoms. The molecule has 10 rings (SSSR count). The van der Waals surface area contributed by atoms with Crippen LogP contribution in [0.5, 0.6) is 0 Å². The van der Waals surface area contributed by atoms with Gasteiger partial charge in [0, 0.05) is 39.3 Å². The van der Waals surface area contributed by atoms with Crippen molar-refractivity contribution >= 4 is 34.6 Å². The Bertz CT molecular complexity index is 2880. The number of hydrogen-bond acceptors (Lipinski definition) is 6. The second kappa shape index (κ2) is 17.9. The molecule has 0 radical (unpaired) electrons. The van der Waals surface area contributed by atoms with Gasteiger partial charge in [0.05, 0.1) is 28.5 Å². The highest BCUT2D eigenvalue weighted by Crippen LogP contribution is 2.42. The lowest BCUT2D eigenvalue weighted by Crippen LogP contribution is -2.18. The number of para-hydroxylation sites is 2. The minimum absolute atomic E-state index is 0.448. The molecule has 0 aliphatic rings. The van der Waals surface area contributed by atoms with Gasteiger partial charge in [-0.2, -0.15) is 0 Å². The molecule has 0 bridgehead atoms. The molecule has 10 aromatic rings. The van der Waals surface area contributed by atoms with Crippen LogP contribution in [0.2, 0.25) is 0 Å². The second-order valence-corrected chi connectivity index (χ2v) is 15.7. The molecule has 0 atom stereocenters. The molecule has 64 heavy (non-hydrogen) atoms. The Hall–Kier alpha value is -8.48. The Morgan fingerprint density at radius 1 is 0.266 bits per heavy atom. The molecule has 0 amide bonds. The molecule has 0 aliphatic heterocycles. The molecule has 8 aromatic carbocycles. The summed E-state index contributed by atoms with van der Waals surface area (Å²) in [6, 6.07) is 79.4. The standard InChI is InChI=1S/C58H44N6/c1-41-33-35-49(63(47-29-17-7-18-30-47)48-31-19-8-20-32-48)37-51(41)52-38-50(36-34-42(52)2)64(57-59-53(43-21-9-3-10-22-43)39-54(60-57)44-23-11-4-12-24-44)58-61-55(45-25-13-5-14-26-45)40-56(62-58)46-27-15-6-16-28-46/h3-40H,1-2H3. The van der Waals surface area contributed by atoms with Crippen LogP contribution in [0.3, 0.4) is 0 Å². The van der Waals surface area contributed by atoms with E-state index in [1.807, 2.05) is 77.7 Å². The summed E-state index contributed by atoms with van der Waals surface area (Å²) in [6.07, 6.45) is 0. The Labute approximate surface area is 374 Å². The first-order chi connectivity index (χ1) is 31.6. The monoisotopic (exact) mass is 824 g/mol. The molecule has 0 aliphatic carbocycles. The van der Waals surface area contributed by atoms with E-state index in [1.165, 1.54) is 0 Å². The van der Waals surface area contributed by atoms with Crippen molar-refractivity contribution in [1.29, 1.82) is 0 Å². The number of anilines is 6. The lowest BCUT2D eigenvalue weighted by Gasteiger charge is -2.27. The van der Waals surface area contributed by atoms with Crippen LogP contribution in [0.15, 0.2) is 231 Å². The Balaban J connectivity index is 1.21. The Kier molecular flexibility index (Phi) is 11.1. The second-order valence-electron chi connectivity index (χ2n) is 15.7. The van der Waals surface area contributed by atoms with E-state index in [-0.39, 0.29) is 0 Å². The fourth-order valence-corrected chi connectivity index (χ4v) is 8.10. The van der Waals surface area contributed by atoms with Crippen molar-refractivity contribution in [3.63, 3.8) is 0 Å². The van der Waals surface area contributed by atoms with Gasteiger partial charge in [-0.15, -0.1) is 0 Å². The maximum atomic E-state index is 5.36. The number of benzene rings is 8. The van der Waals surface area contributed by atoms with Crippen LogP contribution in [0.25, 0.3) is 56.2 Å². The van der Waals surface area contributed by atoms with Crippen molar-refractivity contribution in [2.24, 2.45) is 0 Å². The zero-order valence-electron chi connectivity index (χ0n) is 35.6. The third-order valence-corrected chi connectivity index (χ3v) is 11.4. The number of rotatable bonds is 11. The topological polar surface area (TPSA) is 58.0 Å². The highest BCUT2D eigenvalue weighted by Gasteiger charge is 2.25. The summed E-state index contributed by atoms with van der Waals surface area (Å²) in [6.45, 7) is 4.34. The predicted octanol–water partition coefficient (Wildman–Crippen LogP) is 15.2. The van der Waals surface area contributed by atoms with Crippen molar-refractivity contribution in [2.45, 2.75) is 13.8 Å². The van der Waals surface area contributed by atoms with Gasteiger partial charge >= 0.3 is 0 Å². The van der Waals surface area contributed by atoms with Gasteiger partial charge in [0.15, 0.2) is 0 Å². The quantitative estimate of drug-likeness (QED) is 0.129. The lowest BCUT2D eigenvalue weighted by molar-refractivity contribution is 1.02. The fraction of sp³-hybridized carbons (Fsp3) is 0.0345. The fourth-order valence-electron chi connectivity index (χ4n) is 8.10. The van der Waals surface area contributed by atoms with Gasteiger partial charge in [-0.05, 0) is 96.8 Å². The van der Waals surface area contributed by atoms with Crippen LogP contribution in [-0.4, -0.2) is 19.9 Å². The molecule has 306 valence electrons. The summed E-state index contributed by atoms with van der Waals surface area (Å²) in [4.78, 5) is 25.8. The van der Waals surface area contributed by atoms with E-state index in [4.69, 9.17) is 19.9 Å². The maximum absolute atomic E-state index is 5.36. The van der Waals surface area contributed by atoms with Crippen molar-refractivity contribution < 1.29 is 0 Å². The highest BCUT2D eigenvalue weighted by molar-refractivity contribution is 5.85. The lowest BCUT2D eigenvalue weighted by atomic mass is 9.95. The van der Waals surface area contributed by atoms with E-state index < -0.39 is 0 Å². The average molecular weight is 825 g/mol. The average Bonchev–Trinajstić information content (AvgIpc) is 3.37. The summed E-state index contributed by atoms with van der Waals surface area (Å²) in [5.74, 6) is 0.896. The summed E-state index contributed by atoms with van der Waals surface area (Å²) in [5, 5.41) is 0. The Morgan fingerprint density at radius 2 is 0.547 bits per heavy atom. The third kappa shape index (κ3) is 8.28. The molecular formula is C58H44N6. The first-order valence-corrected chi connectivity index (χ1v) is 21.5. The van der Waals surface area contributed by atoms with Gasteiger partial charge in [-0.25, -0.2) is 24.8 Å². The van der Waals surface area contributed by atoms with E-state index in [1.54, 1.807) is 0 Å². The van der Waals surface area contributed by atoms with Gasteiger partial charge in [0.25, 0.3) is 0 Å². The molecule has 0 unspecified atom stereocenters. The van der Waals surface area contributed by atoms with Gasteiger partial charge in [-0.1, -0.05) is 170 Å². The predicted molar refractivity (Wildman–Crippen MR) is 264 cm³/mol. The minimum atomic E-state index is 0.448. The number of aryl methyl sites for hydroxylation is 2. The molecule has 6 nitrogen and oxygen atoms in total. The van der Waals surface area contributed by atoms with Gasteiger partial charge in [0.2, 0.25) is 11.9 Å². The number of hydrogen-bond donors (Lipinski definition) is 0. The van der Waals surface area contributed by atoms with Crippen LogP contribution in [-0.2, 0) is 0 Å². The zero-order chi connectivity index (χ0) is 43.2. The normalized spacial score (nSPS) is 11.0. The first kappa shape index (κ1) is 39.6. The Morgan fingerprint density at radius 3 is 0.859 bits per heavy atom. The summed E-state index contributed by atoms with van der Waals surface area (Å²) < 4.78 is 0. The van der Waals surface area contributed by atoms with Crippen LogP contribution in [0.1, 0.15) is 11.1 Å². The largest absolute Gasteiger partial charge is 0.310 e. The van der Waals surface area contributed by atoms with Gasteiger partial charge in [0.1, 0.15) is 0 Å². The van der Waals surface area contributed by atoms with Crippen LogP contribution in [0.4, 0.5) is 34.6 Å². The summed E-state index contributed by atoms with van der Waals surface area (Å²) in [7, 11) is 0. The molecular weight excluding hydrogens is 781 g/mol. The van der Waals surface area contributed by atoms with Crippen LogP contribution >= 0.6 is 0 Å². The molecule has 0 saturated heterocycles. The molecule has 2 heterocycles. The van der Waals surface area contributed by atoms with E-state index in [2.05, 4.69) is 176 Å². The van der Waals surface area contributed by atoms with Gasteiger partial charge in [-0.3, -0.25) is 0 Å². The van der Waals surface area contributed by atoms with E-state index in [0.29, 0.717) is 11.9 Å². The smallest absolute Gasteiger partial charge is 0.238 e. The van der Waals surface area contributed by atoms with Crippen molar-refractivity contribution in [2.75, 3.05) is 9.80 Å². The third-order valence-electron chi connectivity index (χ3n) is 11.4. The summed E-state index contributed by atoms with van der Waals surface area (Å²) >= 11 is 0. The number of aromatic nitrogens is 4. The van der Waals surface area contributed by atoms with E-state index in [9.17, 15) is 0 Å². The van der Waals surface area contributed by atoms with E-state index in [0.717, 1.165) is 90.0 Å². The molecule has 2 aromatic heterocycles. The highest BCUT2D eigenvalue weighted by atomic mass is 15.3. The van der Waals surface area contributed by atoms with Crippen LogP contribution in [0, 0.1) is 13.8 Å². The van der Waals surface area contributed by atoms with Crippen molar-refractivity contribution in [3.8, 4) is 56.2 Å². The van der Waals surface area contributed by atoms with Crippen molar-refractivity contribution in [1.82, 2.24) is 19.9 Å². The van der Waals surface area contributed by atoms with Crippen molar-refractivity contribution in [3.05, 3.63) is 242 Å². The summed E-state index contributed by atoms with van der Waals surface area (Å²) in [5.41, 5.74) is 15.6. The SMILES string of the molecule is Cc1ccc(N(c2ccccc2)c2ccccc2)cc1-c1cc(N(c2nc(-c3ccccc3)cc(-c3ccccc3)n2)c2nc(-c3ccccc3)cc(-c3ccccc3)n2)ccc1C. The molecule has 6 heteroatoms. The molecule has 0 fully saturated rings. The first-order valence-electron chi connectivity index (χ1n) is 21.5.